The summed E-state index contributed by atoms with van der Waals surface area (Å²) in [5, 5.41) is 0.830. The molecular weight excluding hydrogens is 260 g/mol. The summed E-state index contributed by atoms with van der Waals surface area (Å²) >= 11 is 11.4. The fraction of sp³-hybridized carbons (Fsp3) is 0.154. The van der Waals surface area contributed by atoms with E-state index in [1.807, 2.05) is 6.92 Å². The van der Waals surface area contributed by atoms with E-state index in [4.69, 9.17) is 23.2 Å². The van der Waals surface area contributed by atoms with E-state index in [1.165, 1.54) is 18.3 Å². The minimum atomic E-state index is -0.399. The van der Waals surface area contributed by atoms with E-state index in [-0.39, 0.29) is 0 Å². The van der Waals surface area contributed by atoms with E-state index in [0.717, 1.165) is 5.57 Å². The van der Waals surface area contributed by atoms with Gasteiger partial charge in [0.2, 0.25) is 0 Å². The predicted octanol–water partition coefficient (Wildman–Crippen LogP) is 4.67. The summed E-state index contributed by atoms with van der Waals surface area (Å²) in [6.45, 7) is 5.40. The largest absolute Gasteiger partial charge is 0.256 e. The molecule has 0 atom stereocenters. The number of allylic oxidation sites excluding steroid dienone is 5. The lowest BCUT2D eigenvalue weighted by atomic mass is 10.1. The Balaban J connectivity index is 2.81. The maximum absolute atomic E-state index is 13.4. The van der Waals surface area contributed by atoms with Crippen molar-refractivity contribution in [3.63, 3.8) is 0 Å². The fourth-order valence-electron chi connectivity index (χ4n) is 1.19. The van der Waals surface area contributed by atoms with Gasteiger partial charge in [0.1, 0.15) is 5.82 Å². The molecule has 1 aromatic heterocycles. The fourth-order valence-corrected chi connectivity index (χ4v) is 1.39. The summed E-state index contributed by atoms with van der Waals surface area (Å²) in [5.74, 6) is -0.399. The molecule has 0 aromatic carbocycles. The molecule has 0 amide bonds. The van der Waals surface area contributed by atoms with Crippen LogP contribution in [0.15, 0.2) is 47.7 Å². The number of hydrogen-bond acceptors (Lipinski definition) is 1. The molecule has 0 saturated carbocycles. The first-order chi connectivity index (χ1) is 8.02. The SMILES string of the molecule is C=C/C(Cl)=C\C=C(/C)Cc1ncc(Cl)cc1F. The topological polar surface area (TPSA) is 12.9 Å². The van der Waals surface area contributed by atoms with Crippen LogP contribution in [0.1, 0.15) is 12.6 Å². The molecule has 0 aliphatic carbocycles. The number of pyridine rings is 1. The van der Waals surface area contributed by atoms with E-state index in [2.05, 4.69) is 11.6 Å². The van der Waals surface area contributed by atoms with Crippen LogP contribution in [0.5, 0.6) is 0 Å². The molecule has 1 nitrogen and oxygen atoms in total. The Morgan fingerprint density at radius 1 is 1.53 bits per heavy atom. The molecule has 0 aliphatic rings. The zero-order valence-corrected chi connectivity index (χ0v) is 10.9. The number of nitrogens with zero attached hydrogens (tertiary/aromatic N) is 1. The summed E-state index contributed by atoms with van der Waals surface area (Å²) in [6, 6.07) is 1.25. The van der Waals surface area contributed by atoms with Gasteiger partial charge in [0.15, 0.2) is 0 Å². The molecule has 0 fully saturated rings. The molecule has 0 aliphatic heterocycles. The summed E-state index contributed by atoms with van der Waals surface area (Å²) in [4.78, 5) is 3.94. The van der Waals surface area contributed by atoms with Gasteiger partial charge in [-0.15, -0.1) is 0 Å². The Morgan fingerprint density at radius 2 is 2.24 bits per heavy atom. The molecule has 0 N–H and O–H groups in total. The van der Waals surface area contributed by atoms with Crippen molar-refractivity contribution in [2.45, 2.75) is 13.3 Å². The van der Waals surface area contributed by atoms with Crippen LogP contribution in [0.25, 0.3) is 0 Å². The lowest BCUT2D eigenvalue weighted by molar-refractivity contribution is 0.603. The number of hydrogen-bond donors (Lipinski definition) is 0. The van der Waals surface area contributed by atoms with Crippen molar-refractivity contribution < 1.29 is 4.39 Å². The minimum absolute atomic E-state index is 0.294. The Hall–Kier alpha value is -1.12. The standard InChI is InChI=1S/C13H12Cl2FN/c1-3-10(14)5-4-9(2)6-13-12(16)7-11(15)8-17-13/h3-5,7-8H,1,6H2,2H3/b9-4+,10-5+. The van der Waals surface area contributed by atoms with E-state index >= 15 is 0 Å². The van der Waals surface area contributed by atoms with Gasteiger partial charge in [-0.2, -0.15) is 0 Å². The van der Waals surface area contributed by atoms with Gasteiger partial charge in [-0.3, -0.25) is 4.98 Å². The molecule has 17 heavy (non-hydrogen) atoms. The lowest BCUT2D eigenvalue weighted by Crippen LogP contribution is -1.95. The normalized spacial score (nSPS) is 12.7. The second-order valence-corrected chi connectivity index (χ2v) is 4.40. The predicted molar refractivity (Wildman–Crippen MR) is 70.8 cm³/mol. The van der Waals surface area contributed by atoms with E-state index in [9.17, 15) is 4.39 Å². The molecule has 0 spiro atoms. The number of aromatic nitrogens is 1. The summed E-state index contributed by atoms with van der Waals surface area (Å²) in [7, 11) is 0. The van der Waals surface area contributed by atoms with Gasteiger partial charge in [0.25, 0.3) is 0 Å². The van der Waals surface area contributed by atoms with Gasteiger partial charge in [0, 0.05) is 17.6 Å². The van der Waals surface area contributed by atoms with Crippen LogP contribution in [-0.4, -0.2) is 4.98 Å². The highest BCUT2D eigenvalue weighted by molar-refractivity contribution is 6.31. The van der Waals surface area contributed by atoms with Crippen molar-refractivity contribution in [1.29, 1.82) is 0 Å². The molecule has 0 radical (unpaired) electrons. The third-order valence-corrected chi connectivity index (χ3v) is 2.54. The van der Waals surface area contributed by atoms with Crippen LogP contribution in [-0.2, 0) is 6.42 Å². The highest BCUT2D eigenvalue weighted by Gasteiger charge is 2.04. The van der Waals surface area contributed by atoms with Gasteiger partial charge in [0.05, 0.1) is 10.7 Å². The van der Waals surface area contributed by atoms with Crippen molar-refractivity contribution in [2.75, 3.05) is 0 Å². The Bertz CT molecular complexity index is 478. The molecule has 0 saturated heterocycles. The van der Waals surface area contributed by atoms with Crippen LogP contribution in [0.4, 0.5) is 4.39 Å². The van der Waals surface area contributed by atoms with E-state index in [1.54, 1.807) is 12.2 Å². The minimum Gasteiger partial charge on any atom is -0.256 e. The first-order valence-corrected chi connectivity index (χ1v) is 5.74. The molecule has 0 bridgehead atoms. The second-order valence-electron chi connectivity index (χ2n) is 3.53. The van der Waals surface area contributed by atoms with Crippen molar-refractivity contribution >= 4 is 23.2 Å². The van der Waals surface area contributed by atoms with Crippen LogP contribution >= 0.6 is 23.2 Å². The van der Waals surface area contributed by atoms with E-state index in [0.29, 0.717) is 22.2 Å². The summed E-state index contributed by atoms with van der Waals surface area (Å²) < 4.78 is 13.4. The number of halogens is 3. The monoisotopic (exact) mass is 271 g/mol. The van der Waals surface area contributed by atoms with Crippen LogP contribution in [0.2, 0.25) is 5.02 Å². The van der Waals surface area contributed by atoms with E-state index < -0.39 is 5.82 Å². The van der Waals surface area contributed by atoms with Crippen molar-refractivity contribution in [3.05, 3.63) is 64.2 Å². The molecular formula is C13H12Cl2FN. The van der Waals surface area contributed by atoms with Crippen LogP contribution in [0.3, 0.4) is 0 Å². The first-order valence-electron chi connectivity index (χ1n) is 4.98. The van der Waals surface area contributed by atoms with Crippen LogP contribution in [0, 0.1) is 5.82 Å². The summed E-state index contributed by atoms with van der Waals surface area (Å²) in [6.07, 6.45) is 6.89. The number of rotatable bonds is 4. The average molecular weight is 272 g/mol. The Kier molecular flexibility index (Phi) is 5.39. The molecule has 90 valence electrons. The second kappa shape index (κ2) is 6.58. The highest BCUT2D eigenvalue weighted by atomic mass is 35.5. The van der Waals surface area contributed by atoms with Gasteiger partial charge in [-0.05, 0) is 19.1 Å². The third kappa shape index (κ3) is 4.72. The van der Waals surface area contributed by atoms with Crippen LogP contribution < -0.4 is 0 Å². The van der Waals surface area contributed by atoms with Crippen molar-refractivity contribution in [1.82, 2.24) is 4.98 Å². The highest BCUT2D eigenvalue weighted by Crippen LogP contribution is 2.15. The Labute approximate surface area is 110 Å². The maximum atomic E-state index is 13.4. The molecule has 0 unspecified atom stereocenters. The van der Waals surface area contributed by atoms with Crippen molar-refractivity contribution in [3.8, 4) is 0 Å². The zero-order chi connectivity index (χ0) is 12.8. The molecule has 1 heterocycles. The van der Waals surface area contributed by atoms with Gasteiger partial charge < -0.3 is 0 Å². The zero-order valence-electron chi connectivity index (χ0n) is 9.38. The lowest BCUT2D eigenvalue weighted by Gasteiger charge is -2.02. The smallest absolute Gasteiger partial charge is 0.146 e. The first kappa shape index (κ1) is 13.9. The van der Waals surface area contributed by atoms with Crippen molar-refractivity contribution in [2.24, 2.45) is 0 Å². The van der Waals surface area contributed by atoms with Gasteiger partial charge in [-0.1, -0.05) is 47.5 Å². The summed E-state index contributed by atoms with van der Waals surface area (Å²) in [5.41, 5.74) is 1.31. The molecule has 1 rings (SSSR count). The quantitative estimate of drug-likeness (QED) is 0.726. The average Bonchev–Trinajstić information content (AvgIpc) is 2.29. The molecule has 1 aromatic rings. The third-order valence-electron chi connectivity index (χ3n) is 2.05. The van der Waals surface area contributed by atoms with Gasteiger partial charge >= 0.3 is 0 Å². The molecule has 4 heteroatoms. The van der Waals surface area contributed by atoms with Gasteiger partial charge in [-0.25, -0.2) is 4.39 Å². The Morgan fingerprint density at radius 3 is 2.82 bits per heavy atom. The maximum Gasteiger partial charge on any atom is 0.146 e.